The van der Waals surface area contributed by atoms with E-state index in [0.29, 0.717) is 17.8 Å². The van der Waals surface area contributed by atoms with E-state index in [9.17, 15) is 10.2 Å². The van der Waals surface area contributed by atoms with Gasteiger partial charge in [-0.1, -0.05) is 0 Å². The largest absolute Gasteiger partial charge is 0.396 e. The number of thiophene rings is 1. The Morgan fingerprint density at radius 3 is 2.72 bits per heavy atom. The number of H-pyrrole nitrogens is 1. The Kier molecular flexibility index (Phi) is 4.89. The summed E-state index contributed by atoms with van der Waals surface area (Å²) in [5.74, 6) is 3.13. The van der Waals surface area contributed by atoms with Crippen molar-refractivity contribution in [3.63, 3.8) is 0 Å². The van der Waals surface area contributed by atoms with E-state index in [1.54, 1.807) is 6.92 Å². The van der Waals surface area contributed by atoms with Crippen LogP contribution in [0, 0.1) is 5.92 Å². The fourth-order valence-electron chi connectivity index (χ4n) is 3.81. The summed E-state index contributed by atoms with van der Waals surface area (Å²) in [6, 6.07) is 4.00. The molecule has 1 unspecified atom stereocenters. The first kappa shape index (κ1) is 18.8. The third-order valence-corrected chi connectivity index (χ3v) is 7.11. The molecule has 5 rings (SSSR count). The summed E-state index contributed by atoms with van der Waals surface area (Å²) in [6.45, 7) is 3.67. The van der Waals surface area contributed by atoms with E-state index in [1.807, 2.05) is 6.07 Å². The van der Waals surface area contributed by atoms with Crippen LogP contribution in [0.4, 0.5) is 17.6 Å². The first-order chi connectivity index (χ1) is 14.1. The van der Waals surface area contributed by atoms with E-state index in [2.05, 4.69) is 26.5 Å². The van der Waals surface area contributed by atoms with Gasteiger partial charge in [-0.2, -0.15) is 10.1 Å². The highest BCUT2D eigenvalue weighted by atomic mass is 32.1. The van der Waals surface area contributed by atoms with Crippen molar-refractivity contribution in [2.24, 2.45) is 5.92 Å². The molecule has 1 aliphatic heterocycles. The molecule has 0 spiro atoms. The third-order valence-electron chi connectivity index (χ3n) is 5.81. The van der Waals surface area contributed by atoms with Crippen LogP contribution in [0.3, 0.4) is 0 Å². The van der Waals surface area contributed by atoms with Crippen LogP contribution in [0.1, 0.15) is 55.2 Å². The average Bonchev–Trinajstić information content (AvgIpc) is 3.31. The summed E-state index contributed by atoms with van der Waals surface area (Å²) in [6.07, 6.45) is 3.77. The van der Waals surface area contributed by atoms with Crippen LogP contribution in [0.15, 0.2) is 12.1 Å². The quantitative estimate of drug-likeness (QED) is 0.490. The topological polar surface area (TPSA) is 110 Å². The Bertz CT molecular complexity index is 1000. The maximum absolute atomic E-state index is 10.0. The molecule has 2 aliphatic rings. The Morgan fingerprint density at radius 1 is 1.24 bits per heavy atom. The van der Waals surface area contributed by atoms with Crippen LogP contribution in [-0.2, 0) is 0 Å². The van der Waals surface area contributed by atoms with Crippen LogP contribution in [-0.4, -0.2) is 50.1 Å². The van der Waals surface area contributed by atoms with Crippen LogP contribution < -0.4 is 10.2 Å². The van der Waals surface area contributed by atoms with Gasteiger partial charge in [0.1, 0.15) is 0 Å². The number of anilines is 3. The summed E-state index contributed by atoms with van der Waals surface area (Å²) in [5, 5.41) is 30.3. The van der Waals surface area contributed by atoms with E-state index in [1.165, 1.54) is 29.9 Å². The van der Waals surface area contributed by atoms with Crippen LogP contribution >= 0.6 is 11.3 Å². The van der Waals surface area contributed by atoms with Crippen molar-refractivity contribution >= 4 is 39.1 Å². The number of aliphatic hydroxyl groups excluding tert-OH is 2. The van der Waals surface area contributed by atoms with Crippen molar-refractivity contribution in [2.75, 3.05) is 29.9 Å². The number of hydrogen-bond donors (Lipinski definition) is 4. The summed E-state index contributed by atoms with van der Waals surface area (Å²) in [5.41, 5.74) is 2.00. The molecule has 8 nitrogen and oxygen atoms in total. The molecule has 4 N–H and O–H groups in total. The summed E-state index contributed by atoms with van der Waals surface area (Å²) in [4.78, 5) is 12.7. The number of aromatic nitrogens is 4. The fourth-order valence-corrected chi connectivity index (χ4v) is 4.79. The zero-order chi connectivity index (χ0) is 20.0. The van der Waals surface area contributed by atoms with Crippen LogP contribution in [0.5, 0.6) is 0 Å². The van der Waals surface area contributed by atoms with Gasteiger partial charge in [-0.15, -0.1) is 11.3 Å². The Labute approximate surface area is 173 Å². The molecule has 0 amide bonds. The molecular formula is C20H26N6O2S. The molecule has 0 radical (unpaired) electrons. The van der Waals surface area contributed by atoms with Crippen molar-refractivity contribution in [1.82, 2.24) is 20.2 Å². The smallest absolute Gasteiger partial charge is 0.227 e. The fraction of sp³-hybridized carbons (Fsp3) is 0.550. The zero-order valence-corrected chi connectivity index (χ0v) is 17.2. The highest BCUT2D eigenvalue weighted by Gasteiger charge is 2.26. The van der Waals surface area contributed by atoms with Gasteiger partial charge in [0.25, 0.3) is 0 Å². The standard InChI is InChI=1S/C20H26N6O2S/c1-11(28)16-8-15-18(29-16)19(22-17-9-14(24-25-17)13-2-3-13)23-20(21-15)26-6-4-12(10-27)5-7-26/h8-9,11-13,27-28H,2-7,10H2,1H3,(H2,21,22,23,24,25). The van der Waals surface area contributed by atoms with Crippen molar-refractivity contribution in [1.29, 1.82) is 0 Å². The minimum atomic E-state index is -0.544. The lowest BCUT2D eigenvalue weighted by Crippen LogP contribution is -2.35. The van der Waals surface area contributed by atoms with Crippen molar-refractivity contribution in [3.8, 4) is 0 Å². The van der Waals surface area contributed by atoms with Gasteiger partial charge in [-0.25, -0.2) is 4.98 Å². The first-order valence-electron chi connectivity index (χ1n) is 10.3. The lowest BCUT2D eigenvalue weighted by atomic mass is 9.98. The number of fused-ring (bicyclic) bond motifs is 1. The summed E-state index contributed by atoms with van der Waals surface area (Å²) < 4.78 is 0.922. The van der Waals surface area contributed by atoms with Crippen LogP contribution in [0.2, 0.25) is 0 Å². The minimum absolute atomic E-state index is 0.241. The van der Waals surface area contributed by atoms with Gasteiger partial charge >= 0.3 is 0 Å². The SMILES string of the molecule is CC(O)c1cc2nc(N3CCC(CO)CC3)nc(Nc3cc(C4CC4)[nH]n3)c2s1. The molecule has 1 saturated heterocycles. The van der Waals surface area contributed by atoms with E-state index >= 15 is 0 Å². The number of aromatic amines is 1. The van der Waals surface area contributed by atoms with Crippen molar-refractivity contribution < 1.29 is 10.2 Å². The van der Waals surface area contributed by atoms with Crippen molar-refractivity contribution in [2.45, 2.75) is 44.6 Å². The van der Waals surface area contributed by atoms with Gasteiger partial charge < -0.3 is 20.4 Å². The number of nitrogens with one attached hydrogen (secondary N) is 2. The molecule has 4 heterocycles. The monoisotopic (exact) mass is 414 g/mol. The van der Waals surface area contributed by atoms with Gasteiger partial charge in [-0.05, 0) is 44.6 Å². The predicted octanol–water partition coefficient (Wildman–Crippen LogP) is 3.30. The van der Waals surface area contributed by atoms with Gasteiger partial charge in [0.05, 0.1) is 16.3 Å². The maximum Gasteiger partial charge on any atom is 0.227 e. The molecule has 1 aliphatic carbocycles. The van der Waals surface area contributed by atoms with E-state index < -0.39 is 6.10 Å². The molecule has 9 heteroatoms. The highest BCUT2D eigenvalue weighted by Crippen LogP contribution is 2.40. The second-order valence-electron chi connectivity index (χ2n) is 8.13. The second kappa shape index (κ2) is 7.55. The highest BCUT2D eigenvalue weighted by molar-refractivity contribution is 7.19. The average molecular weight is 415 g/mol. The molecule has 154 valence electrons. The van der Waals surface area contributed by atoms with Crippen molar-refractivity contribution in [3.05, 3.63) is 22.7 Å². The van der Waals surface area contributed by atoms with E-state index in [4.69, 9.17) is 9.97 Å². The Hall–Kier alpha value is -2.23. The first-order valence-corrected chi connectivity index (χ1v) is 11.1. The number of piperidine rings is 1. The number of rotatable bonds is 6. The summed E-state index contributed by atoms with van der Waals surface area (Å²) in [7, 11) is 0. The van der Waals surface area contributed by atoms with Gasteiger partial charge in [0.2, 0.25) is 5.95 Å². The van der Waals surface area contributed by atoms with Gasteiger partial charge in [0, 0.05) is 42.3 Å². The number of hydrogen-bond acceptors (Lipinski definition) is 8. The van der Waals surface area contributed by atoms with Gasteiger partial charge in [-0.3, -0.25) is 5.10 Å². The van der Waals surface area contributed by atoms with Crippen LogP contribution in [0.25, 0.3) is 10.2 Å². The number of aliphatic hydroxyl groups is 2. The predicted molar refractivity (Wildman–Crippen MR) is 114 cm³/mol. The lowest BCUT2D eigenvalue weighted by Gasteiger charge is -2.31. The molecule has 0 aromatic carbocycles. The van der Waals surface area contributed by atoms with E-state index in [0.717, 1.165) is 52.7 Å². The summed E-state index contributed by atoms with van der Waals surface area (Å²) >= 11 is 1.51. The molecule has 29 heavy (non-hydrogen) atoms. The minimum Gasteiger partial charge on any atom is -0.396 e. The number of nitrogens with zero attached hydrogens (tertiary/aromatic N) is 4. The molecule has 3 aromatic heterocycles. The molecule has 3 aromatic rings. The molecule has 0 bridgehead atoms. The zero-order valence-electron chi connectivity index (χ0n) is 16.4. The molecule has 1 saturated carbocycles. The lowest BCUT2D eigenvalue weighted by molar-refractivity contribution is 0.202. The van der Waals surface area contributed by atoms with Gasteiger partial charge in [0.15, 0.2) is 11.6 Å². The second-order valence-corrected chi connectivity index (χ2v) is 9.22. The maximum atomic E-state index is 10.0. The molecular weight excluding hydrogens is 388 g/mol. The Balaban J connectivity index is 1.49. The normalized spacial score (nSPS) is 19.1. The molecule has 2 fully saturated rings. The Morgan fingerprint density at radius 2 is 2.03 bits per heavy atom. The van der Waals surface area contributed by atoms with E-state index in [-0.39, 0.29) is 6.61 Å². The molecule has 1 atom stereocenters. The third kappa shape index (κ3) is 3.82.